The average Bonchev–Trinajstić information content (AvgIpc) is 2.27. The van der Waals surface area contributed by atoms with E-state index in [1.54, 1.807) is 6.07 Å². The van der Waals surface area contributed by atoms with Crippen LogP contribution in [0.2, 0.25) is 0 Å². The van der Waals surface area contributed by atoms with Crippen molar-refractivity contribution in [1.82, 2.24) is 0 Å². The lowest BCUT2D eigenvalue weighted by Gasteiger charge is -2.19. The molecule has 0 unspecified atom stereocenters. The number of fused-ring (bicyclic) bond motifs is 1. The summed E-state index contributed by atoms with van der Waals surface area (Å²) in [5.74, 6) is -2.78. The Bertz CT molecular complexity index is 494. The van der Waals surface area contributed by atoms with Gasteiger partial charge in [-0.25, -0.2) is 4.79 Å². The van der Waals surface area contributed by atoms with Crippen LogP contribution in [0.25, 0.3) is 0 Å². The second-order valence-electron chi connectivity index (χ2n) is 3.15. The maximum Gasteiger partial charge on any atom is 0.377 e. The molecule has 0 atom stereocenters. The minimum absolute atomic E-state index is 0.0851. The second kappa shape index (κ2) is 3.65. The molecule has 0 fully saturated rings. The predicted molar refractivity (Wildman–Crippen MR) is 52.5 cm³/mol. The number of nitrogens with one attached hydrogen (secondary N) is 1. The van der Waals surface area contributed by atoms with Gasteiger partial charge in [-0.15, -0.1) is 0 Å². The van der Waals surface area contributed by atoms with Gasteiger partial charge < -0.3 is 15.2 Å². The zero-order valence-electron chi connectivity index (χ0n) is 8.02. The van der Waals surface area contributed by atoms with Crippen LogP contribution in [0.4, 0.5) is 5.69 Å². The highest BCUT2D eigenvalue weighted by Gasteiger charge is 2.25. The van der Waals surface area contributed by atoms with Crippen molar-refractivity contribution >= 4 is 23.3 Å². The first-order valence-corrected chi connectivity index (χ1v) is 4.43. The number of ether oxygens (including phenoxy) is 1. The predicted octanol–water partition coefficient (Wildman–Crippen LogP) is 0.285. The summed E-state index contributed by atoms with van der Waals surface area (Å²) in [5.41, 5.74) is 0.0317. The van der Waals surface area contributed by atoms with Crippen molar-refractivity contribution in [3.05, 3.63) is 23.8 Å². The molecule has 0 saturated heterocycles. The van der Waals surface area contributed by atoms with Gasteiger partial charge in [-0.3, -0.25) is 9.59 Å². The van der Waals surface area contributed by atoms with E-state index in [1.807, 2.05) is 0 Å². The number of rotatable bonds is 2. The number of benzene rings is 1. The lowest BCUT2D eigenvalue weighted by Crippen LogP contribution is -2.27. The van der Waals surface area contributed by atoms with Crippen molar-refractivity contribution in [3.8, 4) is 5.75 Å². The number of ketones is 1. The Morgan fingerprint density at radius 3 is 2.81 bits per heavy atom. The molecule has 1 heterocycles. The van der Waals surface area contributed by atoms with Gasteiger partial charge in [-0.1, -0.05) is 6.07 Å². The molecule has 6 nitrogen and oxygen atoms in total. The topological polar surface area (TPSA) is 92.7 Å². The number of hydrogen-bond donors (Lipinski definition) is 2. The monoisotopic (exact) mass is 221 g/mol. The Labute approximate surface area is 89.8 Å². The van der Waals surface area contributed by atoms with Crippen LogP contribution in [0.3, 0.4) is 0 Å². The summed E-state index contributed by atoms with van der Waals surface area (Å²) >= 11 is 0. The van der Waals surface area contributed by atoms with Gasteiger partial charge in [-0.05, 0) is 12.1 Å². The number of carbonyl (C=O) groups is 3. The fourth-order valence-electron chi connectivity index (χ4n) is 1.40. The van der Waals surface area contributed by atoms with Gasteiger partial charge in [0.15, 0.2) is 6.61 Å². The molecule has 82 valence electrons. The van der Waals surface area contributed by atoms with Crippen LogP contribution in [0, 0.1) is 0 Å². The third-order valence-corrected chi connectivity index (χ3v) is 2.09. The minimum atomic E-state index is -1.58. The van der Waals surface area contributed by atoms with E-state index < -0.39 is 17.7 Å². The normalized spacial score (nSPS) is 13.4. The zero-order valence-corrected chi connectivity index (χ0v) is 8.02. The Kier molecular flexibility index (Phi) is 2.32. The number of amides is 1. The van der Waals surface area contributed by atoms with Crippen molar-refractivity contribution in [2.24, 2.45) is 0 Å². The summed E-state index contributed by atoms with van der Waals surface area (Å²) in [4.78, 5) is 33.0. The quantitative estimate of drug-likeness (QED) is 0.552. The Morgan fingerprint density at radius 2 is 2.12 bits per heavy atom. The van der Waals surface area contributed by atoms with E-state index in [2.05, 4.69) is 5.32 Å². The third-order valence-electron chi connectivity index (χ3n) is 2.09. The summed E-state index contributed by atoms with van der Waals surface area (Å²) in [6.45, 7) is -0.141. The molecule has 1 aromatic carbocycles. The highest BCUT2D eigenvalue weighted by molar-refractivity contribution is 6.41. The summed E-state index contributed by atoms with van der Waals surface area (Å²) in [5, 5.41) is 11.0. The largest absolute Gasteiger partial charge is 0.482 e. The van der Waals surface area contributed by atoms with Gasteiger partial charge in [0.1, 0.15) is 5.75 Å². The van der Waals surface area contributed by atoms with E-state index >= 15 is 0 Å². The summed E-state index contributed by atoms with van der Waals surface area (Å²) in [6, 6.07) is 4.37. The van der Waals surface area contributed by atoms with E-state index in [0.29, 0.717) is 5.75 Å². The molecular formula is C10H7NO5. The van der Waals surface area contributed by atoms with Crippen molar-refractivity contribution < 1.29 is 24.2 Å². The molecule has 1 aromatic rings. The van der Waals surface area contributed by atoms with Crippen LogP contribution in [0.5, 0.6) is 5.75 Å². The number of aliphatic carboxylic acids is 1. The molecule has 2 rings (SSSR count). The summed E-state index contributed by atoms with van der Waals surface area (Å²) < 4.78 is 5.05. The third kappa shape index (κ3) is 1.60. The number of carboxylic acids is 1. The summed E-state index contributed by atoms with van der Waals surface area (Å²) in [7, 11) is 0. The highest BCUT2D eigenvalue weighted by atomic mass is 16.5. The van der Waals surface area contributed by atoms with Gasteiger partial charge in [0, 0.05) is 0 Å². The van der Waals surface area contributed by atoms with Gasteiger partial charge in [0.05, 0.1) is 11.3 Å². The van der Waals surface area contributed by atoms with Crippen LogP contribution in [-0.2, 0) is 9.59 Å². The Balaban J connectivity index is 2.51. The van der Waals surface area contributed by atoms with Gasteiger partial charge in [0.2, 0.25) is 0 Å². The first kappa shape index (κ1) is 10.2. The molecule has 0 bridgehead atoms. The van der Waals surface area contributed by atoms with Gasteiger partial charge in [0.25, 0.3) is 11.7 Å². The van der Waals surface area contributed by atoms with E-state index in [4.69, 9.17) is 9.84 Å². The lowest BCUT2D eigenvalue weighted by molar-refractivity contribution is -0.131. The van der Waals surface area contributed by atoms with Crippen LogP contribution in [0.1, 0.15) is 10.4 Å². The van der Waals surface area contributed by atoms with Gasteiger partial charge >= 0.3 is 5.97 Å². The molecule has 2 N–H and O–H groups in total. The minimum Gasteiger partial charge on any atom is -0.482 e. The maximum absolute atomic E-state index is 11.3. The van der Waals surface area contributed by atoms with Gasteiger partial charge in [-0.2, -0.15) is 0 Å². The molecule has 16 heavy (non-hydrogen) atoms. The van der Waals surface area contributed by atoms with Crippen molar-refractivity contribution in [3.63, 3.8) is 0 Å². The smallest absolute Gasteiger partial charge is 0.377 e. The number of hydrogen-bond acceptors (Lipinski definition) is 4. The zero-order chi connectivity index (χ0) is 11.7. The van der Waals surface area contributed by atoms with Crippen molar-refractivity contribution in [2.45, 2.75) is 0 Å². The highest BCUT2D eigenvalue weighted by Crippen LogP contribution is 2.31. The first-order chi connectivity index (χ1) is 7.59. The molecule has 0 saturated carbocycles. The number of Topliss-reactive ketones (excluding diaryl/α,β-unsaturated/α-hetero) is 1. The van der Waals surface area contributed by atoms with E-state index in [9.17, 15) is 14.4 Å². The van der Waals surface area contributed by atoms with Crippen LogP contribution >= 0.6 is 0 Å². The molecule has 1 aliphatic rings. The maximum atomic E-state index is 11.3. The number of carbonyl (C=O) groups excluding carboxylic acids is 2. The van der Waals surface area contributed by atoms with E-state index in [-0.39, 0.29) is 17.9 Å². The van der Waals surface area contributed by atoms with E-state index in [0.717, 1.165) is 0 Å². The second-order valence-corrected chi connectivity index (χ2v) is 3.15. The average molecular weight is 221 g/mol. The fraction of sp³-hybridized carbons (Fsp3) is 0.100. The molecule has 1 aliphatic heterocycles. The van der Waals surface area contributed by atoms with Crippen LogP contribution < -0.4 is 10.1 Å². The van der Waals surface area contributed by atoms with Crippen molar-refractivity contribution in [2.75, 3.05) is 11.9 Å². The number of carboxylic acid groups (broad SMARTS) is 1. The van der Waals surface area contributed by atoms with Crippen molar-refractivity contribution in [1.29, 1.82) is 0 Å². The van der Waals surface area contributed by atoms with E-state index in [1.165, 1.54) is 12.1 Å². The lowest BCUT2D eigenvalue weighted by atomic mass is 10.1. The molecule has 6 heteroatoms. The number of anilines is 1. The molecular weight excluding hydrogens is 214 g/mol. The molecule has 0 aromatic heterocycles. The standard InChI is InChI=1S/C10H7NO5/c12-7-4-16-6-3-1-2-5(8(6)11-7)9(13)10(14)15/h1-3H,4H2,(H,11,12)(H,14,15). The molecule has 0 aliphatic carbocycles. The molecule has 0 spiro atoms. The molecule has 1 amide bonds. The first-order valence-electron chi connectivity index (χ1n) is 4.43. The summed E-state index contributed by atoms with van der Waals surface area (Å²) in [6.07, 6.45) is 0. The number of para-hydroxylation sites is 1. The molecule has 0 radical (unpaired) electrons. The van der Waals surface area contributed by atoms with Crippen LogP contribution in [-0.4, -0.2) is 29.4 Å². The fourth-order valence-corrected chi connectivity index (χ4v) is 1.40. The Morgan fingerprint density at radius 1 is 1.38 bits per heavy atom. The Hall–Kier alpha value is -2.37. The van der Waals surface area contributed by atoms with Crippen LogP contribution in [0.15, 0.2) is 18.2 Å². The SMILES string of the molecule is O=C1COc2cccc(C(=O)C(=O)O)c2N1.